The minimum absolute atomic E-state index is 0.0131. The molecule has 0 spiro atoms. The van der Waals surface area contributed by atoms with Gasteiger partial charge in [-0.25, -0.2) is 4.57 Å². The van der Waals surface area contributed by atoms with E-state index in [0.29, 0.717) is 36.7 Å². The van der Waals surface area contributed by atoms with Crippen molar-refractivity contribution in [2.75, 3.05) is 47.5 Å². The van der Waals surface area contributed by atoms with Gasteiger partial charge in [0.25, 0.3) is 0 Å². The molecular formula is C30H55NO11P+. The number of phosphoric ester groups is 1. The van der Waals surface area contributed by atoms with Gasteiger partial charge in [0.2, 0.25) is 0 Å². The van der Waals surface area contributed by atoms with Crippen molar-refractivity contribution in [1.82, 2.24) is 0 Å². The van der Waals surface area contributed by atoms with Crippen LogP contribution in [0.4, 0.5) is 0 Å². The molecule has 3 N–H and O–H groups in total. The fraction of sp³-hybridized carbons (Fsp3) is 0.833. The van der Waals surface area contributed by atoms with Crippen LogP contribution in [0, 0.1) is 11.8 Å². The van der Waals surface area contributed by atoms with Gasteiger partial charge in [0, 0.05) is 31.6 Å². The molecule has 12 nitrogen and oxygen atoms in total. The Hall–Kier alpha value is -1.66. The largest absolute Gasteiger partial charge is 0.472 e. The molecule has 0 heterocycles. The molecule has 1 saturated carbocycles. The second kappa shape index (κ2) is 20.4. The van der Waals surface area contributed by atoms with Gasteiger partial charge in [0.1, 0.15) is 25.5 Å². The van der Waals surface area contributed by atoms with Crippen LogP contribution in [0.25, 0.3) is 0 Å². The highest BCUT2D eigenvalue weighted by molar-refractivity contribution is 7.47. The summed E-state index contributed by atoms with van der Waals surface area (Å²) < 4.78 is 32.9. The number of hydrogen-bond acceptors (Lipinski definition) is 10. The van der Waals surface area contributed by atoms with E-state index in [9.17, 15) is 34.1 Å². The summed E-state index contributed by atoms with van der Waals surface area (Å²) in [5.41, 5.74) is 0. The first-order chi connectivity index (χ1) is 20.1. The quantitative estimate of drug-likeness (QED) is 0.0492. The lowest BCUT2D eigenvalue weighted by molar-refractivity contribution is -0.870. The number of aliphatic hydroxyl groups is 2. The fourth-order valence-corrected chi connectivity index (χ4v) is 5.49. The van der Waals surface area contributed by atoms with E-state index in [1.165, 1.54) is 6.92 Å². The summed E-state index contributed by atoms with van der Waals surface area (Å²) in [6.45, 7) is 2.95. The predicted octanol–water partition coefficient (Wildman–Crippen LogP) is 3.71. The van der Waals surface area contributed by atoms with E-state index in [0.717, 1.165) is 32.1 Å². The van der Waals surface area contributed by atoms with Crippen LogP contribution in [0.3, 0.4) is 0 Å². The van der Waals surface area contributed by atoms with Crippen molar-refractivity contribution in [2.24, 2.45) is 11.8 Å². The molecule has 6 atom stereocenters. The zero-order valence-electron chi connectivity index (χ0n) is 26.7. The molecule has 0 bridgehead atoms. The molecule has 13 heteroatoms. The number of phosphoric acid groups is 1. The van der Waals surface area contributed by atoms with Crippen LogP contribution < -0.4 is 0 Å². The highest BCUT2D eigenvalue weighted by atomic mass is 31.2. The Morgan fingerprint density at radius 2 is 1.77 bits per heavy atom. The molecule has 0 saturated heterocycles. The number of rotatable bonds is 23. The van der Waals surface area contributed by atoms with Crippen molar-refractivity contribution in [1.29, 1.82) is 0 Å². The van der Waals surface area contributed by atoms with Gasteiger partial charge < -0.3 is 29.1 Å². The normalized spacial score (nSPS) is 22.0. The molecule has 1 fully saturated rings. The van der Waals surface area contributed by atoms with Gasteiger partial charge in [-0.05, 0) is 19.3 Å². The molecule has 0 aromatic carbocycles. The van der Waals surface area contributed by atoms with Gasteiger partial charge in [-0.3, -0.25) is 23.4 Å². The van der Waals surface area contributed by atoms with Gasteiger partial charge in [0.15, 0.2) is 6.10 Å². The summed E-state index contributed by atoms with van der Waals surface area (Å²) in [6.07, 6.45) is 8.48. The number of aliphatic hydroxyl groups excluding tert-OH is 2. The minimum atomic E-state index is -4.39. The highest BCUT2D eigenvalue weighted by Gasteiger charge is 2.39. The second-order valence-electron chi connectivity index (χ2n) is 12.3. The molecule has 250 valence electrons. The van der Waals surface area contributed by atoms with Crippen molar-refractivity contribution in [3.8, 4) is 0 Å². The molecule has 0 aromatic heterocycles. The number of hydrogen-bond donors (Lipinski definition) is 3. The molecule has 0 radical (unpaired) electrons. The second-order valence-corrected chi connectivity index (χ2v) is 13.8. The summed E-state index contributed by atoms with van der Waals surface area (Å²) >= 11 is 0. The number of ketones is 1. The summed E-state index contributed by atoms with van der Waals surface area (Å²) in [7, 11) is 1.32. The van der Waals surface area contributed by atoms with Gasteiger partial charge in [-0.15, -0.1) is 0 Å². The van der Waals surface area contributed by atoms with E-state index in [4.69, 9.17) is 18.5 Å². The molecule has 1 aliphatic rings. The average Bonchev–Trinajstić information content (AvgIpc) is 3.17. The van der Waals surface area contributed by atoms with Crippen molar-refractivity contribution in [2.45, 2.75) is 103 Å². The van der Waals surface area contributed by atoms with Crippen LogP contribution in [0.15, 0.2) is 12.2 Å². The number of carbonyl (C=O) groups is 3. The average molecular weight is 637 g/mol. The van der Waals surface area contributed by atoms with Crippen LogP contribution >= 0.6 is 7.82 Å². The Balaban J connectivity index is 2.44. The Bertz CT molecular complexity index is 920. The summed E-state index contributed by atoms with van der Waals surface area (Å²) in [5.74, 6) is -1.69. The molecule has 1 rings (SSSR count). The molecule has 0 aromatic rings. The highest BCUT2D eigenvalue weighted by Crippen LogP contribution is 2.43. The molecular weight excluding hydrogens is 581 g/mol. The van der Waals surface area contributed by atoms with E-state index >= 15 is 0 Å². The van der Waals surface area contributed by atoms with Crippen molar-refractivity contribution in [3.05, 3.63) is 12.2 Å². The van der Waals surface area contributed by atoms with E-state index in [1.54, 1.807) is 12.2 Å². The third kappa shape index (κ3) is 18.7. The van der Waals surface area contributed by atoms with E-state index < -0.39 is 44.7 Å². The van der Waals surface area contributed by atoms with E-state index in [1.807, 2.05) is 21.1 Å². The lowest BCUT2D eigenvalue weighted by Gasteiger charge is -2.24. The monoisotopic (exact) mass is 636 g/mol. The van der Waals surface area contributed by atoms with Crippen LogP contribution in [0.1, 0.15) is 84.5 Å². The smallest absolute Gasteiger partial charge is 0.462 e. The summed E-state index contributed by atoms with van der Waals surface area (Å²) in [4.78, 5) is 46.0. The van der Waals surface area contributed by atoms with E-state index in [-0.39, 0.29) is 43.7 Å². The summed E-state index contributed by atoms with van der Waals surface area (Å²) in [5, 5.41) is 20.5. The minimum Gasteiger partial charge on any atom is -0.462 e. The Kier molecular flexibility index (Phi) is 18.7. The zero-order chi connectivity index (χ0) is 32.5. The Morgan fingerprint density at radius 1 is 1.07 bits per heavy atom. The zero-order valence-corrected chi connectivity index (χ0v) is 27.5. The Morgan fingerprint density at radius 3 is 2.42 bits per heavy atom. The predicted molar refractivity (Wildman–Crippen MR) is 161 cm³/mol. The number of nitrogens with zero attached hydrogens (tertiary/aromatic N) is 1. The maximum Gasteiger partial charge on any atom is 0.472 e. The molecule has 0 amide bonds. The summed E-state index contributed by atoms with van der Waals surface area (Å²) in [6, 6.07) is 0. The van der Waals surface area contributed by atoms with Gasteiger partial charge in [0.05, 0.1) is 40.0 Å². The third-order valence-corrected chi connectivity index (χ3v) is 8.23. The number of carbonyl (C=O) groups excluding carboxylic acids is 3. The number of ether oxygens (including phenoxy) is 2. The first-order valence-corrected chi connectivity index (χ1v) is 17.0. The number of quaternary nitrogens is 1. The molecule has 0 aliphatic heterocycles. The Labute approximate surface area is 256 Å². The van der Waals surface area contributed by atoms with Crippen LogP contribution in [0.2, 0.25) is 0 Å². The van der Waals surface area contributed by atoms with Crippen LogP contribution in [-0.4, -0.2) is 103 Å². The van der Waals surface area contributed by atoms with Crippen LogP contribution in [0.5, 0.6) is 0 Å². The lowest BCUT2D eigenvalue weighted by atomic mass is 9.88. The molecule has 43 heavy (non-hydrogen) atoms. The maximum absolute atomic E-state index is 12.5. The van der Waals surface area contributed by atoms with Gasteiger partial charge >= 0.3 is 19.8 Å². The third-order valence-electron chi connectivity index (χ3n) is 7.25. The van der Waals surface area contributed by atoms with Crippen molar-refractivity contribution < 1.29 is 57.1 Å². The molecule has 1 unspecified atom stereocenters. The van der Waals surface area contributed by atoms with E-state index in [2.05, 4.69) is 6.92 Å². The first-order valence-electron chi connectivity index (χ1n) is 15.5. The van der Waals surface area contributed by atoms with Crippen molar-refractivity contribution >= 4 is 25.5 Å². The SMILES string of the molecule is CCCCC[C@H](O)/C=C/[C@H]1[C@H](O)CC(=O)[C@@H]1CCCCCCC(=O)O[C@H](COC(C)=O)COP(=O)(O)OCC[N+](C)(C)C. The van der Waals surface area contributed by atoms with Gasteiger partial charge in [-0.2, -0.15) is 0 Å². The van der Waals surface area contributed by atoms with Crippen LogP contribution in [-0.2, 0) is 37.5 Å². The lowest BCUT2D eigenvalue weighted by Crippen LogP contribution is -2.37. The number of likely N-dealkylation sites (N-methyl/N-ethyl adjacent to an activating group) is 1. The number of esters is 2. The number of unbranched alkanes of at least 4 members (excludes halogenated alkanes) is 5. The molecule has 1 aliphatic carbocycles. The fourth-order valence-electron chi connectivity index (χ4n) is 4.75. The standard InChI is InChI=1S/C30H54NO11P/c1-6-7-10-13-24(33)16-17-27-26(28(34)20-29(27)35)14-11-8-9-12-15-30(36)42-25(21-39-23(2)32)22-41-43(37,38)40-19-18-31(3,4)5/h16-17,24-27,29,33,35H,6-15,18-22H2,1-5H3/p+1/b17-16+/t24-,25+,26+,27+,29+/m0/s1. The topological polar surface area (TPSA) is 166 Å². The number of Topliss-reactive ketones (excluding diaryl/α,β-unsaturated/α-hetero) is 1. The first kappa shape index (κ1) is 39.4. The van der Waals surface area contributed by atoms with Crippen molar-refractivity contribution in [3.63, 3.8) is 0 Å². The maximum atomic E-state index is 12.5. The van der Waals surface area contributed by atoms with Gasteiger partial charge in [-0.1, -0.05) is 57.6 Å².